The molecule has 0 heterocycles. The fraction of sp³-hybridized carbons (Fsp3) is 0.294. The third kappa shape index (κ3) is 4.22. The minimum Gasteiger partial charge on any atom is -0.304 e. The lowest BCUT2D eigenvalue weighted by molar-refractivity contribution is 0.493. The van der Waals surface area contributed by atoms with Gasteiger partial charge in [-0.1, -0.05) is 29.8 Å². The van der Waals surface area contributed by atoms with Crippen molar-refractivity contribution in [3.8, 4) is 0 Å². The Balaban J connectivity index is 2.06. The van der Waals surface area contributed by atoms with Crippen molar-refractivity contribution in [3.05, 3.63) is 64.4 Å². The van der Waals surface area contributed by atoms with Crippen molar-refractivity contribution < 1.29 is 4.39 Å². The van der Waals surface area contributed by atoms with Gasteiger partial charge in [-0.15, -0.1) is 11.8 Å². The first-order valence-electron chi connectivity index (χ1n) is 6.86. The molecule has 1 nitrogen and oxygen atoms in total. The summed E-state index contributed by atoms with van der Waals surface area (Å²) in [5.41, 5.74) is 2.21. The van der Waals surface area contributed by atoms with Crippen LogP contribution in [0.4, 0.5) is 4.39 Å². The summed E-state index contributed by atoms with van der Waals surface area (Å²) in [7, 11) is 0. The van der Waals surface area contributed by atoms with E-state index < -0.39 is 0 Å². The Hall–Kier alpha value is -1.03. The average molecular weight is 324 g/mol. The van der Waals surface area contributed by atoms with Gasteiger partial charge in [0.05, 0.1) is 5.02 Å². The first-order chi connectivity index (χ1) is 10.0. The van der Waals surface area contributed by atoms with E-state index in [-0.39, 0.29) is 22.9 Å². The molecule has 0 aliphatic carbocycles. The lowest BCUT2D eigenvalue weighted by Crippen LogP contribution is -2.22. The molecule has 0 saturated heterocycles. The van der Waals surface area contributed by atoms with E-state index in [1.807, 2.05) is 0 Å². The van der Waals surface area contributed by atoms with Gasteiger partial charge in [0, 0.05) is 17.0 Å². The molecule has 1 N–H and O–H groups in total. The molecule has 0 radical (unpaired) electrons. The molecule has 2 atom stereocenters. The van der Waals surface area contributed by atoms with E-state index in [0.29, 0.717) is 0 Å². The van der Waals surface area contributed by atoms with Crippen LogP contribution >= 0.6 is 23.4 Å². The van der Waals surface area contributed by atoms with E-state index in [1.54, 1.807) is 23.9 Å². The Kier molecular flexibility index (Phi) is 5.68. The van der Waals surface area contributed by atoms with Gasteiger partial charge in [0.15, 0.2) is 0 Å². The van der Waals surface area contributed by atoms with Crippen LogP contribution in [0.3, 0.4) is 0 Å². The normalized spacial score (nSPS) is 14.0. The zero-order valence-electron chi connectivity index (χ0n) is 12.4. The van der Waals surface area contributed by atoms with Gasteiger partial charge >= 0.3 is 0 Å². The summed E-state index contributed by atoms with van der Waals surface area (Å²) in [4.78, 5) is 1.25. The standard InChI is InChI=1S/C17H19ClFNS/c1-11(13-4-7-15(21-3)8-5-13)20-12(2)14-6-9-17(19)16(18)10-14/h4-12,20H,1-3H3. The Morgan fingerprint density at radius 1 is 1.00 bits per heavy atom. The van der Waals surface area contributed by atoms with Crippen LogP contribution in [0.2, 0.25) is 5.02 Å². The largest absolute Gasteiger partial charge is 0.304 e. The number of nitrogens with one attached hydrogen (secondary N) is 1. The van der Waals surface area contributed by atoms with Crippen molar-refractivity contribution in [1.82, 2.24) is 5.32 Å². The molecule has 0 saturated carbocycles. The fourth-order valence-electron chi connectivity index (χ4n) is 2.24. The SMILES string of the molecule is CSc1ccc(C(C)NC(C)c2ccc(F)c(Cl)c2)cc1. The lowest BCUT2D eigenvalue weighted by Gasteiger charge is -2.21. The minimum atomic E-state index is -0.381. The highest BCUT2D eigenvalue weighted by molar-refractivity contribution is 7.98. The molecule has 0 aliphatic heterocycles. The van der Waals surface area contributed by atoms with Gasteiger partial charge in [-0.2, -0.15) is 0 Å². The zero-order chi connectivity index (χ0) is 15.4. The summed E-state index contributed by atoms with van der Waals surface area (Å²) in [6.45, 7) is 4.17. The summed E-state index contributed by atoms with van der Waals surface area (Å²) in [5.74, 6) is -0.381. The van der Waals surface area contributed by atoms with Gasteiger partial charge in [0.2, 0.25) is 0 Å². The molecule has 0 aliphatic rings. The number of halogens is 2. The minimum absolute atomic E-state index is 0.0957. The van der Waals surface area contributed by atoms with E-state index in [9.17, 15) is 4.39 Å². The quantitative estimate of drug-likeness (QED) is 0.717. The van der Waals surface area contributed by atoms with E-state index in [1.165, 1.54) is 16.5 Å². The Morgan fingerprint density at radius 3 is 2.14 bits per heavy atom. The van der Waals surface area contributed by atoms with Crippen LogP contribution in [0.5, 0.6) is 0 Å². The maximum absolute atomic E-state index is 13.2. The lowest BCUT2D eigenvalue weighted by atomic mass is 10.0. The van der Waals surface area contributed by atoms with E-state index in [4.69, 9.17) is 11.6 Å². The van der Waals surface area contributed by atoms with Gasteiger partial charge in [-0.3, -0.25) is 0 Å². The molecule has 2 rings (SSSR count). The summed E-state index contributed by atoms with van der Waals surface area (Å²) < 4.78 is 13.2. The molecule has 21 heavy (non-hydrogen) atoms. The van der Waals surface area contributed by atoms with Gasteiger partial charge in [0.1, 0.15) is 5.82 Å². The molecular formula is C17H19ClFNS. The second-order valence-electron chi connectivity index (χ2n) is 5.06. The Morgan fingerprint density at radius 2 is 1.57 bits per heavy atom. The number of rotatable bonds is 5. The zero-order valence-corrected chi connectivity index (χ0v) is 13.9. The molecule has 0 amide bonds. The molecule has 2 unspecified atom stereocenters. The van der Waals surface area contributed by atoms with Crippen LogP contribution in [0, 0.1) is 5.82 Å². The van der Waals surface area contributed by atoms with Crippen molar-refractivity contribution in [2.75, 3.05) is 6.26 Å². The first-order valence-corrected chi connectivity index (χ1v) is 8.46. The number of thioether (sulfide) groups is 1. The van der Waals surface area contributed by atoms with Crippen LogP contribution in [0.25, 0.3) is 0 Å². The molecule has 0 fully saturated rings. The van der Waals surface area contributed by atoms with Gasteiger partial charge in [-0.25, -0.2) is 4.39 Å². The van der Waals surface area contributed by atoms with Crippen molar-refractivity contribution in [1.29, 1.82) is 0 Å². The second kappa shape index (κ2) is 7.30. The highest BCUT2D eigenvalue weighted by Gasteiger charge is 2.12. The molecule has 0 spiro atoms. The summed E-state index contributed by atoms with van der Waals surface area (Å²) in [6, 6.07) is 13.7. The predicted molar refractivity (Wildman–Crippen MR) is 89.6 cm³/mol. The van der Waals surface area contributed by atoms with Crippen LogP contribution < -0.4 is 5.32 Å². The highest BCUT2D eigenvalue weighted by atomic mass is 35.5. The molecule has 2 aromatic rings. The third-order valence-corrected chi connectivity index (χ3v) is 4.59. The van der Waals surface area contributed by atoms with Crippen molar-refractivity contribution in [2.45, 2.75) is 30.8 Å². The van der Waals surface area contributed by atoms with Gasteiger partial charge < -0.3 is 5.32 Å². The number of benzene rings is 2. The molecule has 2 aromatic carbocycles. The fourth-order valence-corrected chi connectivity index (χ4v) is 2.84. The van der Waals surface area contributed by atoms with Crippen LogP contribution in [-0.4, -0.2) is 6.26 Å². The maximum atomic E-state index is 13.2. The van der Waals surface area contributed by atoms with E-state index in [0.717, 1.165) is 5.56 Å². The Bertz CT molecular complexity index is 600. The summed E-state index contributed by atoms with van der Waals surface area (Å²) >= 11 is 7.57. The van der Waals surface area contributed by atoms with E-state index in [2.05, 4.69) is 49.7 Å². The van der Waals surface area contributed by atoms with Gasteiger partial charge in [0.25, 0.3) is 0 Å². The van der Waals surface area contributed by atoms with Crippen molar-refractivity contribution >= 4 is 23.4 Å². The smallest absolute Gasteiger partial charge is 0.141 e. The predicted octanol–water partition coefficient (Wildman–Crippen LogP) is 5.61. The summed E-state index contributed by atoms with van der Waals surface area (Å²) in [5, 5.41) is 3.67. The second-order valence-corrected chi connectivity index (χ2v) is 6.34. The highest BCUT2D eigenvalue weighted by Crippen LogP contribution is 2.24. The Labute approximate surface area is 134 Å². The number of hydrogen-bond donors (Lipinski definition) is 1. The van der Waals surface area contributed by atoms with Gasteiger partial charge in [-0.05, 0) is 55.5 Å². The van der Waals surface area contributed by atoms with Crippen LogP contribution in [0.15, 0.2) is 47.4 Å². The molecular weight excluding hydrogens is 305 g/mol. The first kappa shape index (κ1) is 16.3. The van der Waals surface area contributed by atoms with Crippen molar-refractivity contribution in [2.24, 2.45) is 0 Å². The summed E-state index contributed by atoms with van der Waals surface area (Å²) in [6.07, 6.45) is 2.07. The molecule has 112 valence electrons. The van der Waals surface area contributed by atoms with Crippen LogP contribution in [0.1, 0.15) is 37.1 Å². The van der Waals surface area contributed by atoms with Crippen molar-refractivity contribution in [3.63, 3.8) is 0 Å². The van der Waals surface area contributed by atoms with E-state index >= 15 is 0 Å². The van der Waals surface area contributed by atoms with Crippen LogP contribution in [-0.2, 0) is 0 Å². The maximum Gasteiger partial charge on any atom is 0.141 e. The molecule has 0 aromatic heterocycles. The molecule has 0 bridgehead atoms. The monoisotopic (exact) mass is 323 g/mol. The topological polar surface area (TPSA) is 12.0 Å². The molecule has 4 heteroatoms. The third-order valence-electron chi connectivity index (χ3n) is 3.56. The average Bonchev–Trinajstić information content (AvgIpc) is 2.50. The number of hydrogen-bond acceptors (Lipinski definition) is 2.